The van der Waals surface area contributed by atoms with Crippen LogP contribution < -0.4 is 5.32 Å². The van der Waals surface area contributed by atoms with E-state index in [1.807, 2.05) is 0 Å². The van der Waals surface area contributed by atoms with Gasteiger partial charge < -0.3 is 4.74 Å². The van der Waals surface area contributed by atoms with Gasteiger partial charge in [-0.2, -0.15) is 0 Å². The normalized spacial score (nSPS) is 14.8. The maximum atomic E-state index is 13.0. The molecule has 0 saturated heterocycles. The molecule has 1 N–H and O–H groups in total. The SMILES string of the molecule is O=C(COC(=O)CC1CCCCC1)Nc1nc(-c2ccc(F)cc2)cs1. The van der Waals surface area contributed by atoms with Gasteiger partial charge in [-0.15, -0.1) is 11.3 Å². The Balaban J connectivity index is 1.44. The molecule has 0 radical (unpaired) electrons. The summed E-state index contributed by atoms with van der Waals surface area (Å²) in [6, 6.07) is 5.98. The number of benzene rings is 1. The first-order valence-corrected chi connectivity index (χ1v) is 9.65. The first kappa shape index (κ1) is 18.5. The van der Waals surface area contributed by atoms with Crippen LogP contribution in [0.5, 0.6) is 0 Å². The van der Waals surface area contributed by atoms with Crippen molar-refractivity contribution in [3.8, 4) is 11.3 Å². The molecule has 1 heterocycles. The first-order valence-electron chi connectivity index (χ1n) is 8.77. The molecule has 3 rings (SSSR count). The molecule has 7 heteroatoms. The van der Waals surface area contributed by atoms with Crippen LogP contribution in [0.15, 0.2) is 29.6 Å². The molecular weight excluding hydrogens is 355 g/mol. The van der Waals surface area contributed by atoms with Crippen LogP contribution in [0, 0.1) is 11.7 Å². The number of hydrogen-bond acceptors (Lipinski definition) is 5. The summed E-state index contributed by atoms with van der Waals surface area (Å²) in [5.74, 6) is -0.663. The van der Waals surface area contributed by atoms with E-state index in [1.54, 1.807) is 17.5 Å². The summed E-state index contributed by atoms with van der Waals surface area (Å²) in [6.45, 7) is -0.309. The molecule has 0 unspecified atom stereocenters. The van der Waals surface area contributed by atoms with Gasteiger partial charge in [0.15, 0.2) is 11.7 Å². The fourth-order valence-electron chi connectivity index (χ4n) is 3.07. The molecule has 0 atom stereocenters. The molecule has 2 aromatic rings. The third-order valence-corrected chi connectivity index (χ3v) is 5.19. The monoisotopic (exact) mass is 376 g/mol. The number of ether oxygens (including phenoxy) is 1. The summed E-state index contributed by atoms with van der Waals surface area (Å²) < 4.78 is 18.0. The molecule has 1 aliphatic rings. The molecule has 0 spiro atoms. The Hall–Kier alpha value is -2.28. The lowest BCUT2D eigenvalue weighted by Crippen LogP contribution is -2.22. The molecule has 138 valence electrons. The Morgan fingerprint density at radius 1 is 1.19 bits per heavy atom. The number of hydrogen-bond donors (Lipinski definition) is 1. The van der Waals surface area contributed by atoms with Gasteiger partial charge in [-0.3, -0.25) is 14.9 Å². The number of carbonyl (C=O) groups is 2. The molecule has 0 aliphatic heterocycles. The Bertz CT molecular complexity index is 754. The Morgan fingerprint density at radius 3 is 2.65 bits per heavy atom. The standard InChI is InChI=1S/C19H21FN2O3S/c20-15-8-6-14(7-9-15)16-12-26-19(21-16)22-17(23)11-25-18(24)10-13-4-2-1-3-5-13/h6-9,12-13H,1-5,10-11H2,(H,21,22,23). The Labute approximate surface area is 155 Å². The van der Waals surface area contributed by atoms with Crippen molar-refractivity contribution < 1.29 is 18.7 Å². The van der Waals surface area contributed by atoms with Crippen LogP contribution in [-0.4, -0.2) is 23.5 Å². The third kappa shape index (κ3) is 5.36. The predicted molar refractivity (Wildman–Crippen MR) is 98.3 cm³/mol. The average Bonchev–Trinajstić information content (AvgIpc) is 3.10. The number of thiazole rings is 1. The summed E-state index contributed by atoms with van der Waals surface area (Å²) in [7, 11) is 0. The highest BCUT2D eigenvalue weighted by Crippen LogP contribution is 2.27. The van der Waals surface area contributed by atoms with Gasteiger partial charge in [0.25, 0.3) is 5.91 Å². The van der Waals surface area contributed by atoms with Crippen molar-refractivity contribution in [3.05, 3.63) is 35.5 Å². The van der Waals surface area contributed by atoms with Crippen molar-refractivity contribution >= 4 is 28.3 Å². The highest BCUT2D eigenvalue weighted by molar-refractivity contribution is 7.14. The van der Waals surface area contributed by atoms with Crippen molar-refractivity contribution in [1.82, 2.24) is 4.98 Å². The fraction of sp³-hybridized carbons (Fsp3) is 0.421. The number of halogens is 1. The maximum absolute atomic E-state index is 13.0. The van der Waals surface area contributed by atoms with Crippen LogP contribution >= 0.6 is 11.3 Å². The number of rotatable bonds is 6. The van der Waals surface area contributed by atoms with Crippen molar-refractivity contribution in [1.29, 1.82) is 0 Å². The van der Waals surface area contributed by atoms with Gasteiger partial charge in [0, 0.05) is 17.4 Å². The Kier molecular flexibility index (Phi) is 6.33. The van der Waals surface area contributed by atoms with Gasteiger partial charge in [0.1, 0.15) is 5.82 Å². The summed E-state index contributed by atoms with van der Waals surface area (Å²) in [5.41, 5.74) is 1.42. The van der Waals surface area contributed by atoms with Crippen LogP contribution in [0.25, 0.3) is 11.3 Å². The summed E-state index contributed by atoms with van der Waals surface area (Å²) in [5, 5.41) is 4.81. The van der Waals surface area contributed by atoms with E-state index in [0.717, 1.165) is 18.4 Å². The van der Waals surface area contributed by atoms with Crippen molar-refractivity contribution in [2.45, 2.75) is 38.5 Å². The number of anilines is 1. The maximum Gasteiger partial charge on any atom is 0.306 e. The number of amides is 1. The van der Waals surface area contributed by atoms with E-state index in [1.165, 1.54) is 42.7 Å². The van der Waals surface area contributed by atoms with Gasteiger partial charge in [0.05, 0.1) is 5.69 Å². The van der Waals surface area contributed by atoms with E-state index in [0.29, 0.717) is 23.2 Å². The molecule has 26 heavy (non-hydrogen) atoms. The van der Waals surface area contributed by atoms with Crippen LogP contribution in [0.2, 0.25) is 0 Å². The second-order valence-electron chi connectivity index (χ2n) is 6.46. The van der Waals surface area contributed by atoms with Crippen LogP contribution in [0.3, 0.4) is 0 Å². The average molecular weight is 376 g/mol. The quantitative estimate of drug-likeness (QED) is 0.759. The van der Waals surface area contributed by atoms with Crippen LogP contribution in [-0.2, 0) is 14.3 Å². The zero-order valence-electron chi connectivity index (χ0n) is 14.4. The molecule has 0 bridgehead atoms. The smallest absolute Gasteiger partial charge is 0.306 e. The van der Waals surface area contributed by atoms with E-state index in [2.05, 4.69) is 10.3 Å². The van der Waals surface area contributed by atoms with Gasteiger partial charge in [0.2, 0.25) is 0 Å². The van der Waals surface area contributed by atoms with Crippen molar-refractivity contribution in [3.63, 3.8) is 0 Å². The number of nitrogens with zero attached hydrogens (tertiary/aromatic N) is 1. The second-order valence-corrected chi connectivity index (χ2v) is 7.32. The largest absolute Gasteiger partial charge is 0.456 e. The van der Waals surface area contributed by atoms with Gasteiger partial charge in [-0.1, -0.05) is 19.3 Å². The Morgan fingerprint density at radius 2 is 1.92 bits per heavy atom. The van der Waals surface area contributed by atoms with Crippen LogP contribution in [0.1, 0.15) is 38.5 Å². The van der Waals surface area contributed by atoms with E-state index in [-0.39, 0.29) is 18.4 Å². The number of nitrogens with one attached hydrogen (secondary N) is 1. The minimum Gasteiger partial charge on any atom is -0.456 e. The lowest BCUT2D eigenvalue weighted by molar-refractivity contribution is -0.148. The van der Waals surface area contributed by atoms with E-state index in [9.17, 15) is 14.0 Å². The first-order chi connectivity index (χ1) is 12.6. The molecule has 1 saturated carbocycles. The lowest BCUT2D eigenvalue weighted by Gasteiger charge is -2.20. The summed E-state index contributed by atoms with van der Waals surface area (Å²) in [4.78, 5) is 28.1. The summed E-state index contributed by atoms with van der Waals surface area (Å²) in [6.07, 6.45) is 6.08. The highest BCUT2D eigenvalue weighted by Gasteiger charge is 2.18. The molecule has 5 nitrogen and oxygen atoms in total. The van der Waals surface area contributed by atoms with Crippen molar-refractivity contribution in [2.24, 2.45) is 5.92 Å². The third-order valence-electron chi connectivity index (χ3n) is 4.43. The zero-order valence-corrected chi connectivity index (χ0v) is 15.2. The molecule has 1 fully saturated rings. The predicted octanol–water partition coefficient (Wildman–Crippen LogP) is 4.40. The van der Waals surface area contributed by atoms with E-state index in [4.69, 9.17) is 4.74 Å². The highest BCUT2D eigenvalue weighted by atomic mass is 32.1. The van der Waals surface area contributed by atoms with E-state index < -0.39 is 5.91 Å². The topological polar surface area (TPSA) is 68.3 Å². The molecule has 1 aromatic carbocycles. The summed E-state index contributed by atoms with van der Waals surface area (Å²) >= 11 is 1.26. The lowest BCUT2D eigenvalue weighted by atomic mass is 9.87. The van der Waals surface area contributed by atoms with E-state index >= 15 is 0 Å². The van der Waals surface area contributed by atoms with Gasteiger partial charge >= 0.3 is 5.97 Å². The minimum atomic E-state index is -0.415. The van der Waals surface area contributed by atoms with Crippen molar-refractivity contribution in [2.75, 3.05) is 11.9 Å². The fourth-order valence-corrected chi connectivity index (χ4v) is 3.81. The second kappa shape index (κ2) is 8.89. The minimum absolute atomic E-state index is 0.309. The molecule has 1 amide bonds. The van der Waals surface area contributed by atoms with Crippen LogP contribution in [0.4, 0.5) is 9.52 Å². The number of aromatic nitrogens is 1. The van der Waals surface area contributed by atoms with Gasteiger partial charge in [-0.25, -0.2) is 9.37 Å². The zero-order chi connectivity index (χ0) is 18.4. The van der Waals surface area contributed by atoms with Gasteiger partial charge in [-0.05, 0) is 43.0 Å². The molecular formula is C19H21FN2O3S. The molecule has 1 aromatic heterocycles. The number of carbonyl (C=O) groups excluding carboxylic acids is 2. The molecule has 1 aliphatic carbocycles. The number of esters is 1.